The minimum Gasteiger partial charge on any atom is -0.508 e. The van der Waals surface area contributed by atoms with Gasteiger partial charge in [-0.25, -0.2) is 0 Å². The summed E-state index contributed by atoms with van der Waals surface area (Å²) in [6.07, 6.45) is 1.49. The van der Waals surface area contributed by atoms with Crippen molar-refractivity contribution < 1.29 is 14.6 Å². The van der Waals surface area contributed by atoms with Crippen LogP contribution in [0.2, 0.25) is 0 Å². The number of phenols is 1. The second-order valence-corrected chi connectivity index (χ2v) is 4.32. The largest absolute Gasteiger partial charge is 0.508 e. The van der Waals surface area contributed by atoms with Gasteiger partial charge in [0, 0.05) is 5.56 Å². The lowest BCUT2D eigenvalue weighted by molar-refractivity contribution is 0.104. The third-order valence-electron chi connectivity index (χ3n) is 2.92. The first-order chi connectivity index (χ1) is 10.1. The number of benzene rings is 2. The number of methoxy groups -OCH3 is 1. The van der Waals surface area contributed by atoms with E-state index in [1.54, 1.807) is 43.5 Å². The quantitative estimate of drug-likeness (QED) is 0.530. The average Bonchev–Trinajstić information content (AvgIpc) is 2.54. The van der Waals surface area contributed by atoms with E-state index >= 15 is 0 Å². The van der Waals surface area contributed by atoms with Crippen molar-refractivity contribution in [3.05, 3.63) is 65.2 Å². The molecular weight excluding hydrogens is 266 g/mol. The average molecular weight is 279 g/mol. The van der Waals surface area contributed by atoms with E-state index in [0.29, 0.717) is 16.9 Å². The van der Waals surface area contributed by atoms with Crippen molar-refractivity contribution in [2.45, 2.75) is 0 Å². The molecule has 0 spiro atoms. The fraction of sp³-hybridized carbons (Fsp3) is 0.0588. The summed E-state index contributed by atoms with van der Waals surface area (Å²) in [5.74, 6) is 0.424. The number of hydrogen-bond acceptors (Lipinski definition) is 4. The first-order valence-electron chi connectivity index (χ1n) is 6.23. The molecule has 0 bridgehead atoms. The van der Waals surface area contributed by atoms with Gasteiger partial charge in [0.15, 0.2) is 0 Å². The van der Waals surface area contributed by atoms with Crippen molar-refractivity contribution in [1.29, 1.82) is 5.26 Å². The van der Waals surface area contributed by atoms with Crippen LogP contribution in [0.4, 0.5) is 0 Å². The highest BCUT2D eigenvalue weighted by Gasteiger charge is 2.12. The van der Waals surface area contributed by atoms with E-state index in [2.05, 4.69) is 0 Å². The van der Waals surface area contributed by atoms with E-state index in [9.17, 15) is 9.90 Å². The van der Waals surface area contributed by atoms with Gasteiger partial charge in [0.1, 0.15) is 23.1 Å². The predicted octanol–water partition coefficient (Wildman–Crippen LogP) is 3.19. The Bertz CT molecular complexity index is 707. The molecule has 0 heterocycles. The van der Waals surface area contributed by atoms with E-state index in [1.165, 1.54) is 18.2 Å². The molecule has 4 nitrogen and oxygen atoms in total. The van der Waals surface area contributed by atoms with Crippen LogP contribution in [0.3, 0.4) is 0 Å². The fourth-order valence-electron chi connectivity index (χ4n) is 1.78. The number of phenolic OH excluding ortho intramolecular Hbond substituents is 1. The van der Waals surface area contributed by atoms with Gasteiger partial charge < -0.3 is 9.84 Å². The van der Waals surface area contributed by atoms with Gasteiger partial charge in [-0.15, -0.1) is 0 Å². The Kier molecular flexibility index (Phi) is 4.37. The topological polar surface area (TPSA) is 70.3 Å². The Morgan fingerprint density at radius 2 is 1.76 bits per heavy atom. The molecule has 2 rings (SSSR count). The number of Topliss-reactive ketones (excluding diaryl/α,β-unsaturated/α-hetero) is 1. The second kappa shape index (κ2) is 6.40. The summed E-state index contributed by atoms with van der Waals surface area (Å²) in [4.78, 5) is 12.3. The molecule has 0 aliphatic heterocycles. The SMILES string of the molecule is COc1ccc(C(=O)C(C#N)=Cc2ccc(O)cc2)cc1. The van der Waals surface area contributed by atoms with Crippen molar-refractivity contribution in [2.24, 2.45) is 0 Å². The molecule has 0 aromatic heterocycles. The van der Waals surface area contributed by atoms with Crippen molar-refractivity contribution >= 4 is 11.9 Å². The standard InChI is InChI=1S/C17H13NO3/c1-21-16-8-4-13(5-9-16)17(20)14(11-18)10-12-2-6-15(19)7-3-12/h2-10,19H,1H3. The molecule has 2 aromatic rings. The van der Waals surface area contributed by atoms with Crippen LogP contribution in [0.5, 0.6) is 11.5 Å². The zero-order chi connectivity index (χ0) is 15.2. The number of aromatic hydroxyl groups is 1. The van der Waals surface area contributed by atoms with Gasteiger partial charge in [-0.05, 0) is 48.0 Å². The molecule has 0 atom stereocenters. The highest BCUT2D eigenvalue weighted by atomic mass is 16.5. The number of ketones is 1. The zero-order valence-electron chi connectivity index (χ0n) is 11.4. The third kappa shape index (κ3) is 3.48. The summed E-state index contributed by atoms with van der Waals surface area (Å²) >= 11 is 0. The van der Waals surface area contributed by atoms with Crippen LogP contribution in [-0.4, -0.2) is 18.0 Å². The van der Waals surface area contributed by atoms with Gasteiger partial charge in [-0.1, -0.05) is 12.1 Å². The minimum atomic E-state index is -0.353. The summed E-state index contributed by atoms with van der Waals surface area (Å²) in [5, 5.41) is 18.4. The third-order valence-corrected chi connectivity index (χ3v) is 2.92. The van der Waals surface area contributed by atoms with Gasteiger partial charge in [0.25, 0.3) is 0 Å². The smallest absolute Gasteiger partial charge is 0.203 e. The number of nitriles is 1. The van der Waals surface area contributed by atoms with Crippen LogP contribution < -0.4 is 4.74 Å². The Hall–Kier alpha value is -3.06. The molecule has 1 N–H and O–H groups in total. The Labute approximate surface area is 122 Å². The Balaban J connectivity index is 2.29. The Morgan fingerprint density at radius 1 is 1.14 bits per heavy atom. The molecule has 0 saturated carbocycles. The molecule has 104 valence electrons. The summed E-state index contributed by atoms with van der Waals surface area (Å²) in [6.45, 7) is 0. The van der Waals surface area contributed by atoms with Crippen LogP contribution in [-0.2, 0) is 0 Å². The van der Waals surface area contributed by atoms with E-state index in [4.69, 9.17) is 10.00 Å². The van der Waals surface area contributed by atoms with Crippen molar-refractivity contribution in [2.75, 3.05) is 7.11 Å². The molecule has 2 aromatic carbocycles. The van der Waals surface area contributed by atoms with Crippen LogP contribution in [0.25, 0.3) is 6.08 Å². The van der Waals surface area contributed by atoms with Gasteiger partial charge in [0.05, 0.1) is 7.11 Å². The summed E-state index contributed by atoms with van der Waals surface area (Å²) in [6, 6.07) is 14.7. The fourth-order valence-corrected chi connectivity index (χ4v) is 1.78. The number of nitrogens with zero attached hydrogens (tertiary/aromatic N) is 1. The zero-order valence-corrected chi connectivity index (χ0v) is 11.4. The van der Waals surface area contributed by atoms with E-state index in [1.807, 2.05) is 6.07 Å². The number of carbonyl (C=O) groups excluding carboxylic acids is 1. The second-order valence-electron chi connectivity index (χ2n) is 4.32. The summed E-state index contributed by atoms with van der Waals surface area (Å²) in [7, 11) is 1.54. The van der Waals surface area contributed by atoms with Gasteiger partial charge in [-0.2, -0.15) is 5.26 Å². The van der Waals surface area contributed by atoms with Gasteiger partial charge in [-0.3, -0.25) is 4.79 Å². The molecule has 0 unspecified atom stereocenters. The summed E-state index contributed by atoms with van der Waals surface area (Å²) < 4.78 is 5.03. The van der Waals surface area contributed by atoms with Crippen LogP contribution >= 0.6 is 0 Å². The molecule has 21 heavy (non-hydrogen) atoms. The van der Waals surface area contributed by atoms with Crippen molar-refractivity contribution in [3.8, 4) is 17.6 Å². The first kappa shape index (κ1) is 14.4. The normalized spacial score (nSPS) is 10.8. The van der Waals surface area contributed by atoms with Crippen molar-refractivity contribution in [3.63, 3.8) is 0 Å². The van der Waals surface area contributed by atoms with Crippen LogP contribution in [0.15, 0.2) is 54.1 Å². The lowest BCUT2D eigenvalue weighted by Crippen LogP contribution is -2.01. The molecule has 4 heteroatoms. The molecule has 0 aliphatic rings. The van der Waals surface area contributed by atoms with Crippen molar-refractivity contribution in [1.82, 2.24) is 0 Å². The van der Waals surface area contributed by atoms with Crippen LogP contribution in [0.1, 0.15) is 15.9 Å². The summed E-state index contributed by atoms with van der Waals surface area (Å²) in [5.41, 5.74) is 1.12. The Morgan fingerprint density at radius 3 is 2.29 bits per heavy atom. The minimum absolute atomic E-state index is 0.0332. The molecule has 0 radical (unpaired) electrons. The van der Waals surface area contributed by atoms with E-state index in [-0.39, 0.29) is 17.1 Å². The highest BCUT2D eigenvalue weighted by Crippen LogP contribution is 2.17. The molecule has 0 aliphatic carbocycles. The van der Waals surface area contributed by atoms with E-state index in [0.717, 1.165) is 0 Å². The molecule has 0 saturated heterocycles. The monoisotopic (exact) mass is 279 g/mol. The maximum atomic E-state index is 12.3. The lowest BCUT2D eigenvalue weighted by atomic mass is 10.0. The number of rotatable bonds is 4. The van der Waals surface area contributed by atoms with Gasteiger partial charge >= 0.3 is 0 Å². The van der Waals surface area contributed by atoms with Crippen LogP contribution in [0, 0.1) is 11.3 Å². The first-order valence-corrected chi connectivity index (χ1v) is 6.23. The molecular formula is C17H13NO3. The maximum absolute atomic E-state index is 12.3. The molecule has 0 fully saturated rings. The highest BCUT2D eigenvalue weighted by molar-refractivity contribution is 6.14. The predicted molar refractivity (Wildman–Crippen MR) is 79.0 cm³/mol. The number of allylic oxidation sites excluding steroid dienone is 1. The lowest BCUT2D eigenvalue weighted by Gasteiger charge is -2.02. The van der Waals surface area contributed by atoms with Gasteiger partial charge in [0.2, 0.25) is 5.78 Å². The maximum Gasteiger partial charge on any atom is 0.203 e. The van der Waals surface area contributed by atoms with E-state index < -0.39 is 0 Å². The molecule has 0 amide bonds. The number of ether oxygens (including phenoxy) is 1. The number of hydrogen-bond donors (Lipinski definition) is 1. The number of carbonyl (C=O) groups is 1.